The molecular formula is C26H37O2. The highest BCUT2D eigenvalue weighted by molar-refractivity contribution is 5.79. The van der Waals surface area contributed by atoms with Gasteiger partial charge in [-0.05, 0) is 57.4 Å². The minimum absolute atomic E-state index is 0.0319. The van der Waals surface area contributed by atoms with Crippen LogP contribution < -0.4 is 0 Å². The third-order valence-electron chi connectivity index (χ3n) is 4.84. The van der Waals surface area contributed by atoms with Gasteiger partial charge in [0.15, 0.2) is 6.10 Å². The minimum Gasteiger partial charge on any atom is -0.444 e. The molecule has 2 nitrogen and oxygen atoms in total. The lowest BCUT2D eigenvalue weighted by Gasteiger charge is -2.13. The van der Waals surface area contributed by atoms with E-state index in [1.54, 1.807) is 6.42 Å². The van der Waals surface area contributed by atoms with E-state index >= 15 is 0 Å². The van der Waals surface area contributed by atoms with Gasteiger partial charge < -0.3 is 4.74 Å². The van der Waals surface area contributed by atoms with Crippen LogP contribution in [0.25, 0.3) is 0 Å². The Hall–Kier alpha value is -2.19. The van der Waals surface area contributed by atoms with E-state index < -0.39 is 6.10 Å². The summed E-state index contributed by atoms with van der Waals surface area (Å²) in [7, 11) is 0. The lowest BCUT2D eigenvalue weighted by molar-refractivity contribution is -0.147. The summed E-state index contributed by atoms with van der Waals surface area (Å²) >= 11 is 0. The van der Waals surface area contributed by atoms with Crippen LogP contribution in [0.2, 0.25) is 0 Å². The molecule has 0 amide bonds. The average Bonchev–Trinajstić information content (AvgIpc) is 3.13. The molecule has 0 aromatic heterocycles. The largest absolute Gasteiger partial charge is 0.444 e. The van der Waals surface area contributed by atoms with E-state index in [4.69, 9.17) is 17.6 Å². The fourth-order valence-electron chi connectivity index (χ4n) is 3.19. The van der Waals surface area contributed by atoms with Gasteiger partial charge in [-0.3, -0.25) is 4.79 Å². The maximum atomic E-state index is 12.3. The maximum absolute atomic E-state index is 12.3. The highest BCUT2D eigenvalue weighted by Crippen LogP contribution is 2.59. The first-order valence-corrected chi connectivity index (χ1v) is 10.0. The second-order valence-corrected chi connectivity index (χ2v) is 8.08. The third kappa shape index (κ3) is 8.22. The molecule has 0 aliphatic heterocycles. The van der Waals surface area contributed by atoms with Crippen LogP contribution in [0.4, 0.5) is 0 Å². The Morgan fingerprint density at radius 2 is 1.68 bits per heavy atom. The molecule has 0 aromatic rings. The summed E-state index contributed by atoms with van der Waals surface area (Å²) in [6.45, 7) is 16.3. The van der Waals surface area contributed by atoms with Gasteiger partial charge in [-0.15, -0.1) is 12.8 Å². The molecule has 28 heavy (non-hydrogen) atoms. The molecule has 0 saturated heterocycles. The minimum atomic E-state index is -0.536. The van der Waals surface area contributed by atoms with Crippen molar-refractivity contribution in [3.63, 3.8) is 0 Å². The summed E-state index contributed by atoms with van der Waals surface area (Å²) in [6.07, 6.45) is 19.9. The first-order valence-electron chi connectivity index (χ1n) is 10.0. The van der Waals surface area contributed by atoms with Gasteiger partial charge in [0.25, 0.3) is 0 Å². The van der Waals surface area contributed by atoms with Gasteiger partial charge in [0, 0.05) is 0 Å². The molecule has 153 valence electrons. The molecule has 0 heterocycles. The standard InChI is InChI=1S/C18H26O2.C8H11/c1-8-10-13(5)15(9-2)20-17(19)16-14(11-12(3)4)18(16,6)7;1-4-6-8(3)7-5-2/h2,10-11,14-16H,8H2,1,3-7H3;1,6-7H,5H2,2-3H3/b13-10+;8-7+/t14?,15?,16-;/m0./s1. The zero-order chi connectivity index (χ0) is 21.9. The summed E-state index contributed by atoms with van der Waals surface area (Å²) in [4.78, 5) is 12.3. The van der Waals surface area contributed by atoms with Crippen LogP contribution >= 0.6 is 0 Å². The van der Waals surface area contributed by atoms with E-state index in [1.165, 1.54) is 11.1 Å². The van der Waals surface area contributed by atoms with Gasteiger partial charge in [-0.25, -0.2) is 0 Å². The number of hydrogen-bond donors (Lipinski definition) is 0. The average molecular weight is 382 g/mol. The van der Waals surface area contributed by atoms with Crippen molar-refractivity contribution in [1.82, 2.24) is 0 Å². The van der Waals surface area contributed by atoms with Gasteiger partial charge in [-0.1, -0.05) is 68.9 Å². The molecule has 2 unspecified atom stereocenters. The van der Waals surface area contributed by atoms with E-state index in [-0.39, 0.29) is 23.2 Å². The zero-order valence-corrected chi connectivity index (χ0v) is 18.9. The molecule has 1 fully saturated rings. The first-order chi connectivity index (χ1) is 13.1. The van der Waals surface area contributed by atoms with Crippen molar-refractivity contribution in [3.05, 3.63) is 41.4 Å². The Kier molecular flexibility index (Phi) is 11.3. The monoisotopic (exact) mass is 381 g/mol. The van der Waals surface area contributed by atoms with Crippen molar-refractivity contribution < 1.29 is 9.53 Å². The summed E-state index contributed by atoms with van der Waals surface area (Å²) in [5.74, 6) is 5.02. The van der Waals surface area contributed by atoms with Crippen LogP contribution in [-0.2, 0) is 9.53 Å². The van der Waals surface area contributed by atoms with E-state index in [0.29, 0.717) is 0 Å². The van der Waals surface area contributed by atoms with Crippen LogP contribution in [0.3, 0.4) is 0 Å². The van der Waals surface area contributed by atoms with Gasteiger partial charge >= 0.3 is 5.97 Å². The number of allylic oxidation sites excluding steroid dienone is 5. The van der Waals surface area contributed by atoms with E-state index in [1.807, 2.05) is 26.8 Å². The Morgan fingerprint density at radius 1 is 1.11 bits per heavy atom. The maximum Gasteiger partial charge on any atom is 0.311 e. The summed E-state index contributed by atoms with van der Waals surface area (Å²) in [5, 5.41) is 0. The number of ether oxygens (including phenoxy) is 1. The SMILES string of the molecule is C#CC(OC(=O)[C@@H]1C(C=C(C)C)C1(C)C)/C(C)=C/CC.C#C[CH]/C(C)=C/CC. The second kappa shape index (κ2) is 12.3. The fraction of sp³-hybridized carbons (Fsp3) is 0.538. The predicted molar refractivity (Wildman–Crippen MR) is 120 cm³/mol. The van der Waals surface area contributed by atoms with Crippen LogP contribution in [-0.4, -0.2) is 12.1 Å². The third-order valence-corrected chi connectivity index (χ3v) is 4.84. The molecule has 1 radical (unpaired) electrons. The Morgan fingerprint density at radius 3 is 2.11 bits per heavy atom. The fourth-order valence-corrected chi connectivity index (χ4v) is 3.19. The Bertz CT molecular complexity index is 685. The van der Waals surface area contributed by atoms with Crippen LogP contribution in [0.5, 0.6) is 0 Å². The number of hydrogen-bond acceptors (Lipinski definition) is 2. The molecule has 1 rings (SSSR count). The molecular weight excluding hydrogens is 344 g/mol. The van der Waals surface area contributed by atoms with Gasteiger partial charge in [0.2, 0.25) is 0 Å². The molecule has 0 N–H and O–H groups in total. The molecule has 1 saturated carbocycles. The van der Waals surface area contributed by atoms with Crippen LogP contribution in [0, 0.1) is 48.4 Å². The van der Waals surface area contributed by atoms with Crippen molar-refractivity contribution >= 4 is 5.97 Å². The van der Waals surface area contributed by atoms with Crippen LogP contribution in [0.15, 0.2) is 34.9 Å². The van der Waals surface area contributed by atoms with E-state index in [9.17, 15) is 4.79 Å². The summed E-state index contributed by atoms with van der Waals surface area (Å²) in [6, 6.07) is 0. The second-order valence-electron chi connectivity index (χ2n) is 8.08. The number of terminal acetylenes is 2. The van der Waals surface area contributed by atoms with Gasteiger partial charge in [-0.2, -0.15) is 0 Å². The van der Waals surface area contributed by atoms with Gasteiger partial charge in [0.05, 0.1) is 12.3 Å². The molecule has 0 aromatic carbocycles. The number of rotatable bonds is 7. The topological polar surface area (TPSA) is 26.3 Å². The highest BCUT2D eigenvalue weighted by atomic mass is 16.5. The molecule has 0 bridgehead atoms. The summed E-state index contributed by atoms with van der Waals surface area (Å²) in [5.41, 5.74) is 3.31. The highest BCUT2D eigenvalue weighted by Gasteiger charge is 2.61. The van der Waals surface area contributed by atoms with Crippen molar-refractivity contribution in [2.75, 3.05) is 0 Å². The van der Waals surface area contributed by atoms with Crippen molar-refractivity contribution in [2.24, 2.45) is 17.3 Å². The molecule has 1 aliphatic rings. The van der Waals surface area contributed by atoms with E-state index in [2.05, 4.69) is 58.6 Å². The van der Waals surface area contributed by atoms with Crippen LogP contribution in [0.1, 0.15) is 68.2 Å². The molecule has 2 heteroatoms. The zero-order valence-electron chi connectivity index (χ0n) is 18.9. The normalized spacial score (nSPS) is 21.2. The lowest BCUT2D eigenvalue weighted by atomic mass is 10.1. The smallest absolute Gasteiger partial charge is 0.311 e. The van der Waals surface area contributed by atoms with Crippen molar-refractivity contribution in [2.45, 2.75) is 74.3 Å². The molecule has 3 atom stereocenters. The number of esters is 1. The van der Waals surface area contributed by atoms with Crippen molar-refractivity contribution in [1.29, 1.82) is 0 Å². The van der Waals surface area contributed by atoms with Gasteiger partial charge in [0.1, 0.15) is 0 Å². The van der Waals surface area contributed by atoms with Crippen molar-refractivity contribution in [3.8, 4) is 24.7 Å². The molecule has 1 aliphatic carbocycles. The molecule has 0 spiro atoms. The van der Waals surface area contributed by atoms with E-state index in [0.717, 1.165) is 18.4 Å². The predicted octanol–water partition coefficient (Wildman–Crippen LogP) is 6.31. The Balaban J connectivity index is 0.000000769. The lowest BCUT2D eigenvalue weighted by Crippen LogP contribution is -2.20. The number of carbonyl (C=O) groups is 1. The number of carbonyl (C=O) groups excluding carboxylic acids is 1. The summed E-state index contributed by atoms with van der Waals surface area (Å²) < 4.78 is 5.51. The quantitative estimate of drug-likeness (QED) is 0.293. The first kappa shape index (κ1) is 25.8. The Labute approximate surface area is 173 Å².